The van der Waals surface area contributed by atoms with Crippen LogP contribution in [0.15, 0.2) is 273 Å². The van der Waals surface area contributed by atoms with Gasteiger partial charge in [0.25, 0.3) is 0 Å². The van der Waals surface area contributed by atoms with E-state index in [0.29, 0.717) is 34.0 Å². The van der Waals surface area contributed by atoms with Crippen molar-refractivity contribution in [1.29, 1.82) is 5.26 Å². The Morgan fingerprint density at radius 1 is 0.318 bits per heavy atom. The molecule has 0 atom stereocenters. The van der Waals surface area contributed by atoms with E-state index in [-0.39, 0.29) is 0 Å². The summed E-state index contributed by atoms with van der Waals surface area (Å²) in [4.78, 5) is 4.89. The van der Waals surface area contributed by atoms with E-state index in [1.807, 2.05) is 0 Å². The molecule has 0 radical (unpaired) electrons. The van der Waals surface area contributed by atoms with Gasteiger partial charge in [0.15, 0.2) is 0 Å². The van der Waals surface area contributed by atoms with E-state index in [4.69, 9.17) is 4.85 Å². The predicted octanol–water partition coefficient (Wildman–Crippen LogP) is 21.6. The van der Waals surface area contributed by atoms with Gasteiger partial charge in [-0.05, 0) is 72.3 Å². The number of hydrogen-bond acceptors (Lipinski definition) is 2. The molecule has 0 saturated heterocycles. The van der Waals surface area contributed by atoms with Crippen molar-refractivity contribution in [2.45, 2.75) is 0 Å². The van der Waals surface area contributed by atoms with E-state index in [0.717, 1.165) is 131 Å². The van der Waals surface area contributed by atoms with Crippen molar-refractivity contribution < 1.29 is 0 Å². The standard InChI is InChI=1S/C80H45N7S/c1-82-73-75(84-65-35-14-5-24-51(65)52-25-6-15-36-66(52)84)63(47-81)76(85-67-37-16-7-26-53(67)54-27-8-17-38-68(54)85)79(78(73)86-69-39-18-9-28-55(69)56-29-10-19-40-70(56)86)87-71-46-48(42-43-58(71)61-44-45-62-59-31-12-20-41-72(59)88-80(62)77(61)87)50-32-21-33-60-57-30-11-13-34-64(57)83(74(50)60)49-22-3-2-4-23-49/h2-46H. The first kappa shape index (κ1) is 48.4. The maximum absolute atomic E-state index is 12.9. The second-order valence-corrected chi connectivity index (χ2v) is 23.9. The molecule has 88 heavy (non-hydrogen) atoms. The van der Waals surface area contributed by atoms with E-state index < -0.39 is 0 Å². The molecule has 19 rings (SSSR count). The number of nitrogens with zero attached hydrogens (tertiary/aromatic N) is 7. The van der Waals surface area contributed by atoms with Gasteiger partial charge in [0, 0.05) is 80.6 Å². The number of hydrogen-bond donors (Lipinski definition) is 0. The van der Waals surface area contributed by atoms with Crippen LogP contribution in [0.3, 0.4) is 0 Å². The van der Waals surface area contributed by atoms with Crippen molar-refractivity contribution >= 4 is 146 Å². The van der Waals surface area contributed by atoms with Gasteiger partial charge < -0.3 is 22.8 Å². The quantitative estimate of drug-likeness (QED) is 0.153. The van der Waals surface area contributed by atoms with Crippen molar-refractivity contribution in [2.75, 3.05) is 0 Å². The summed E-state index contributed by atoms with van der Waals surface area (Å²) in [5.74, 6) is 0. The third kappa shape index (κ3) is 6.42. The molecule has 6 heterocycles. The van der Waals surface area contributed by atoms with E-state index in [1.165, 1.54) is 15.5 Å². The molecule has 8 heteroatoms. The van der Waals surface area contributed by atoms with E-state index in [9.17, 15) is 11.8 Å². The van der Waals surface area contributed by atoms with Gasteiger partial charge in [-0.2, -0.15) is 5.26 Å². The fraction of sp³-hybridized carbons (Fsp3) is 0. The Morgan fingerprint density at radius 3 is 1.26 bits per heavy atom. The van der Waals surface area contributed by atoms with Crippen molar-refractivity contribution in [2.24, 2.45) is 0 Å². The summed E-state index contributed by atoms with van der Waals surface area (Å²) < 4.78 is 14.1. The molecule has 0 aliphatic heterocycles. The average Bonchev–Trinajstić information content (AvgIpc) is 1.62. The van der Waals surface area contributed by atoms with Crippen molar-refractivity contribution in [3.05, 3.63) is 290 Å². The van der Waals surface area contributed by atoms with Gasteiger partial charge in [-0.3, -0.25) is 0 Å². The molecule has 0 amide bonds. The minimum atomic E-state index is 0.348. The zero-order valence-electron chi connectivity index (χ0n) is 47.0. The highest BCUT2D eigenvalue weighted by atomic mass is 32.1. The normalized spacial score (nSPS) is 12.1. The maximum Gasteiger partial charge on any atom is 0.237 e. The number of para-hydroxylation sites is 9. The largest absolute Gasteiger partial charge is 0.318 e. The van der Waals surface area contributed by atoms with Crippen molar-refractivity contribution in [3.63, 3.8) is 0 Å². The molecular weight excluding hydrogens is 1090 g/mol. The Hall–Kier alpha value is -11.9. The van der Waals surface area contributed by atoms with Gasteiger partial charge in [-0.1, -0.05) is 206 Å². The first-order valence-corrected chi connectivity index (χ1v) is 30.4. The van der Waals surface area contributed by atoms with Crippen LogP contribution in [0.25, 0.3) is 174 Å². The Labute approximate surface area is 506 Å². The van der Waals surface area contributed by atoms with Crippen LogP contribution in [-0.4, -0.2) is 22.8 Å². The van der Waals surface area contributed by atoms with Crippen LogP contribution in [-0.2, 0) is 0 Å². The third-order valence-electron chi connectivity index (χ3n) is 18.5. The lowest BCUT2D eigenvalue weighted by Crippen LogP contribution is -2.14. The average molecular weight is 1140 g/mol. The summed E-state index contributed by atoms with van der Waals surface area (Å²) in [5, 5.41) is 25.9. The highest BCUT2D eigenvalue weighted by Crippen LogP contribution is 2.54. The van der Waals surface area contributed by atoms with Crippen LogP contribution in [0.5, 0.6) is 0 Å². The molecule has 19 aromatic rings. The molecule has 0 fully saturated rings. The Kier molecular flexibility index (Phi) is 10.1. The summed E-state index contributed by atoms with van der Waals surface area (Å²) >= 11 is 1.79. The summed E-state index contributed by atoms with van der Waals surface area (Å²) in [6, 6.07) is 101. The van der Waals surface area contributed by atoms with Crippen molar-refractivity contribution in [3.8, 4) is 45.6 Å². The summed E-state index contributed by atoms with van der Waals surface area (Å²) in [5.41, 5.74) is 16.2. The van der Waals surface area contributed by atoms with Crippen LogP contribution in [0, 0.1) is 17.9 Å². The van der Waals surface area contributed by atoms with Crippen LogP contribution < -0.4 is 0 Å². The van der Waals surface area contributed by atoms with E-state index in [1.54, 1.807) is 11.3 Å². The predicted molar refractivity (Wildman–Crippen MR) is 367 cm³/mol. The number of benzene rings is 13. The topological polar surface area (TPSA) is 52.8 Å². The van der Waals surface area contributed by atoms with Gasteiger partial charge in [-0.25, -0.2) is 4.85 Å². The molecule has 0 aliphatic rings. The zero-order valence-corrected chi connectivity index (χ0v) is 47.8. The van der Waals surface area contributed by atoms with Gasteiger partial charge in [-0.15, -0.1) is 11.3 Å². The van der Waals surface area contributed by atoms with Gasteiger partial charge in [0.2, 0.25) is 5.69 Å². The third-order valence-corrected chi connectivity index (χ3v) is 19.7. The minimum absolute atomic E-state index is 0.348. The fourth-order valence-electron chi connectivity index (χ4n) is 15.0. The smallest absolute Gasteiger partial charge is 0.237 e. The lowest BCUT2D eigenvalue weighted by atomic mass is 10.00. The minimum Gasteiger partial charge on any atom is -0.318 e. The molecule has 0 spiro atoms. The maximum atomic E-state index is 12.9. The van der Waals surface area contributed by atoms with Gasteiger partial charge >= 0.3 is 0 Å². The highest BCUT2D eigenvalue weighted by Gasteiger charge is 2.35. The molecule has 0 unspecified atom stereocenters. The monoisotopic (exact) mass is 1140 g/mol. The van der Waals surface area contributed by atoms with Crippen molar-refractivity contribution in [1.82, 2.24) is 22.8 Å². The Balaban J connectivity index is 1.10. The fourth-order valence-corrected chi connectivity index (χ4v) is 16.3. The van der Waals surface area contributed by atoms with Gasteiger partial charge in [0.05, 0.1) is 94.8 Å². The number of rotatable bonds is 6. The molecule has 7 nitrogen and oxygen atoms in total. The lowest BCUT2D eigenvalue weighted by molar-refractivity contribution is 1.04. The first-order chi connectivity index (χ1) is 43.7. The SMILES string of the molecule is [C-]#[N+]c1c(-n2c3ccccc3c3ccccc32)c(C#N)c(-n2c3ccccc3c3ccccc32)c(-n2c3cc(-c4cccc5c6ccccc6n(-c6ccccc6)c45)ccc3c3ccc4c5ccccc5sc4c32)c1-n1c2ccccc2c2ccccc21. The highest BCUT2D eigenvalue weighted by molar-refractivity contribution is 7.26. The number of nitriles is 1. The van der Waals surface area contributed by atoms with Crippen LogP contribution in [0.4, 0.5) is 5.69 Å². The van der Waals surface area contributed by atoms with E-state index in [2.05, 4.69) is 302 Å². The summed E-state index contributed by atoms with van der Waals surface area (Å²) in [6.45, 7) is 10.0. The number of fused-ring (bicyclic) bond motifs is 19. The summed E-state index contributed by atoms with van der Waals surface area (Å²) in [7, 11) is 0. The van der Waals surface area contributed by atoms with Gasteiger partial charge in [0.1, 0.15) is 6.07 Å². The second-order valence-electron chi connectivity index (χ2n) is 22.8. The van der Waals surface area contributed by atoms with E-state index >= 15 is 0 Å². The molecule has 13 aromatic carbocycles. The first-order valence-electron chi connectivity index (χ1n) is 29.6. The number of aromatic nitrogens is 5. The lowest BCUT2D eigenvalue weighted by Gasteiger charge is -2.27. The molecule has 0 N–H and O–H groups in total. The molecule has 6 aromatic heterocycles. The number of thiophene rings is 1. The molecule has 0 aliphatic carbocycles. The Morgan fingerprint density at radius 2 is 0.727 bits per heavy atom. The zero-order chi connectivity index (χ0) is 57.9. The molecular formula is C80H45N7S. The molecule has 0 bridgehead atoms. The van der Waals surface area contributed by atoms with Crippen LogP contribution in [0.1, 0.15) is 5.56 Å². The second kappa shape index (κ2) is 18.3. The Bertz CT molecular complexity index is 6030. The van der Waals surface area contributed by atoms with Crippen LogP contribution in [0.2, 0.25) is 0 Å². The summed E-state index contributed by atoms with van der Waals surface area (Å²) in [6.07, 6.45) is 0. The molecule has 0 saturated carbocycles. The van der Waals surface area contributed by atoms with Crippen LogP contribution >= 0.6 is 11.3 Å². The molecule has 406 valence electrons.